The minimum Gasteiger partial charge on any atom is -0.483 e. The molecule has 0 spiro atoms. The molecule has 1 atom stereocenters. The van der Waals surface area contributed by atoms with E-state index in [1.807, 2.05) is 6.07 Å². The number of carbonyl (C=O) groups is 1. The van der Waals surface area contributed by atoms with Crippen molar-refractivity contribution in [2.45, 2.75) is 58.7 Å². The summed E-state index contributed by atoms with van der Waals surface area (Å²) >= 11 is 1.74. The molecule has 7 heteroatoms. The van der Waals surface area contributed by atoms with Crippen molar-refractivity contribution in [3.05, 3.63) is 70.6 Å². The standard InChI is InChI=1S/C32H41N3O3S/c1-23-7-5-8-28(24(23)2)35-15-13-34(14-16-35)21-26-19-25(30-9-6-18-39-30)10-11-29(26)37-22-31(36)33-27-12-17-38-32(3,4)20-27/h5-11,18-19,27H,12-17,20-22H2,1-4H3,(H,33,36)/t27-/m1/s1. The number of hydrogen-bond acceptors (Lipinski definition) is 6. The first-order chi connectivity index (χ1) is 18.8. The highest BCUT2D eigenvalue weighted by atomic mass is 32.1. The third kappa shape index (κ3) is 7.02. The number of nitrogens with zero attached hydrogens (tertiary/aromatic N) is 2. The van der Waals surface area contributed by atoms with Gasteiger partial charge in [0.1, 0.15) is 5.75 Å². The molecule has 2 fully saturated rings. The highest BCUT2D eigenvalue weighted by molar-refractivity contribution is 7.13. The average Bonchev–Trinajstić information content (AvgIpc) is 3.45. The highest BCUT2D eigenvalue weighted by Gasteiger charge is 2.29. The van der Waals surface area contributed by atoms with Gasteiger partial charge < -0.3 is 19.7 Å². The molecule has 6 nitrogen and oxygen atoms in total. The van der Waals surface area contributed by atoms with Crippen molar-refractivity contribution in [2.24, 2.45) is 0 Å². The summed E-state index contributed by atoms with van der Waals surface area (Å²) in [5, 5.41) is 5.26. The van der Waals surface area contributed by atoms with Crippen molar-refractivity contribution in [3.8, 4) is 16.2 Å². The van der Waals surface area contributed by atoms with Crippen LogP contribution in [0.1, 0.15) is 43.4 Å². The molecule has 1 amide bonds. The van der Waals surface area contributed by atoms with Gasteiger partial charge in [0, 0.05) is 61.5 Å². The molecule has 39 heavy (non-hydrogen) atoms. The van der Waals surface area contributed by atoms with Crippen LogP contribution in [0, 0.1) is 13.8 Å². The number of hydrogen-bond donors (Lipinski definition) is 1. The number of thiophene rings is 1. The summed E-state index contributed by atoms with van der Waals surface area (Å²) < 4.78 is 11.9. The van der Waals surface area contributed by atoms with Crippen LogP contribution in [0.3, 0.4) is 0 Å². The van der Waals surface area contributed by atoms with Crippen LogP contribution in [0.4, 0.5) is 5.69 Å². The molecule has 0 saturated carbocycles. The summed E-state index contributed by atoms with van der Waals surface area (Å²) in [6.07, 6.45) is 1.65. The van der Waals surface area contributed by atoms with E-state index in [4.69, 9.17) is 9.47 Å². The first-order valence-corrected chi connectivity index (χ1v) is 14.9. The lowest BCUT2D eigenvalue weighted by Gasteiger charge is -2.37. The molecule has 2 aromatic carbocycles. The molecule has 2 aliphatic heterocycles. The number of carbonyl (C=O) groups excluding carboxylic acids is 1. The van der Waals surface area contributed by atoms with Gasteiger partial charge >= 0.3 is 0 Å². The van der Waals surface area contributed by atoms with Gasteiger partial charge in [-0.05, 0) is 92.9 Å². The van der Waals surface area contributed by atoms with E-state index in [0.29, 0.717) is 6.61 Å². The molecular formula is C32H41N3O3S. The zero-order chi connectivity index (χ0) is 27.4. The largest absolute Gasteiger partial charge is 0.483 e. The molecule has 0 bridgehead atoms. The van der Waals surface area contributed by atoms with Gasteiger partial charge in [0.05, 0.1) is 5.60 Å². The van der Waals surface area contributed by atoms with E-state index in [9.17, 15) is 4.79 Å². The number of anilines is 1. The summed E-state index contributed by atoms with van der Waals surface area (Å²) in [4.78, 5) is 19.0. The van der Waals surface area contributed by atoms with Crippen molar-refractivity contribution in [1.29, 1.82) is 0 Å². The lowest BCUT2D eigenvalue weighted by atomic mass is 9.94. The molecule has 0 unspecified atom stereocenters. The fraction of sp³-hybridized carbons (Fsp3) is 0.469. The number of aryl methyl sites for hydroxylation is 1. The number of amides is 1. The van der Waals surface area contributed by atoms with Crippen molar-refractivity contribution in [1.82, 2.24) is 10.2 Å². The zero-order valence-corrected chi connectivity index (χ0v) is 24.5. The van der Waals surface area contributed by atoms with Gasteiger partial charge in [-0.1, -0.05) is 18.2 Å². The molecule has 5 rings (SSSR count). The first kappa shape index (κ1) is 27.7. The summed E-state index contributed by atoms with van der Waals surface area (Å²) in [6, 6.07) is 17.3. The predicted molar refractivity (Wildman–Crippen MR) is 160 cm³/mol. The summed E-state index contributed by atoms with van der Waals surface area (Å²) in [7, 11) is 0. The van der Waals surface area contributed by atoms with Crippen molar-refractivity contribution in [3.63, 3.8) is 0 Å². The summed E-state index contributed by atoms with van der Waals surface area (Å²) in [6.45, 7) is 14.0. The quantitative estimate of drug-likeness (QED) is 0.386. The second kappa shape index (κ2) is 12.1. The fourth-order valence-electron chi connectivity index (χ4n) is 5.67. The lowest BCUT2D eigenvalue weighted by Crippen LogP contribution is -2.47. The minimum atomic E-state index is -0.204. The van der Waals surface area contributed by atoms with Gasteiger partial charge in [-0.2, -0.15) is 0 Å². The normalized spacial score (nSPS) is 19.6. The van der Waals surface area contributed by atoms with E-state index >= 15 is 0 Å². The molecule has 3 aromatic rings. The molecule has 0 radical (unpaired) electrons. The van der Waals surface area contributed by atoms with Gasteiger partial charge in [-0.3, -0.25) is 9.69 Å². The lowest BCUT2D eigenvalue weighted by molar-refractivity contribution is -0.126. The zero-order valence-electron chi connectivity index (χ0n) is 23.7. The van der Waals surface area contributed by atoms with Gasteiger partial charge in [0.25, 0.3) is 5.91 Å². The monoisotopic (exact) mass is 547 g/mol. The van der Waals surface area contributed by atoms with Crippen LogP contribution in [0.25, 0.3) is 10.4 Å². The number of ether oxygens (including phenoxy) is 2. The summed E-state index contributed by atoms with van der Waals surface area (Å²) in [5.74, 6) is 0.711. The van der Waals surface area contributed by atoms with Gasteiger partial charge in [0.2, 0.25) is 0 Å². The number of rotatable bonds is 8. The van der Waals surface area contributed by atoms with E-state index in [1.54, 1.807) is 11.3 Å². The van der Waals surface area contributed by atoms with E-state index in [0.717, 1.165) is 56.9 Å². The Bertz CT molecular complexity index is 1270. The first-order valence-electron chi connectivity index (χ1n) is 14.0. The van der Waals surface area contributed by atoms with E-state index in [1.165, 1.54) is 27.3 Å². The van der Waals surface area contributed by atoms with Crippen LogP contribution in [-0.4, -0.2) is 61.8 Å². The molecule has 3 heterocycles. The Kier molecular flexibility index (Phi) is 8.60. The summed E-state index contributed by atoms with van der Waals surface area (Å²) in [5.41, 5.74) is 6.16. The SMILES string of the molecule is Cc1cccc(N2CCN(Cc3cc(-c4cccs4)ccc3OCC(=O)N[C@@H]3CCOC(C)(C)C3)CC2)c1C. The second-order valence-electron chi connectivity index (χ2n) is 11.4. The molecule has 2 saturated heterocycles. The molecule has 208 valence electrons. The Balaban J connectivity index is 1.24. The molecule has 1 aromatic heterocycles. The number of piperazine rings is 1. The maximum atomic E-state index is 12.8. The Morgan fingerprint density at radius 2 is 1.92 bits per heavy atom. The van der Waals surface area contributed by atoms with Crippen molar-refractivity contribution >= 4 is 22.9 Å². The maximum absolute atomic E-state index is 12.8. The van der Waals surface area contributed by atoms with E-state index < -0.39 is 0 Å². The topological polar surface area (TPSA) is 54.0 Å². The van der Waals surface area contributed by atoms with Gasteiger partial charge in [0.15, 0.2) is 6.61 Å². The van der Waals surface area contributed by atoms with Gasteiger partial charge in [-0.15, -0.1) is 11.3 Å². The molecule has 1 N–H and O–H groups in total. The van der Waals surface area contributed by atoms with Gasteiger partial charge in [-0.25, -0.2) is 0 Å². The maximum Gasteiger partial charge on any atom is 0.258 e. The van der Waals surface area contributed by atoms with Crippen molar-refractivity contribution < 1.29 is 14.3 Å². The van der Waals surface area contributed by atoms with E-state index in [-0.39, 0.29) is 24.2 Å². The number of nitrogens with one attached hydrogen (secondary N) is 1. The van der Waals surface area contributed by atoms with Crippen LogP contribution >= 0.6 is 11.3 Å². The predicted octanol–water partition coefficient (Wildman–Crippen LogP) is 5.81. The Morgan fingerprint density at radius 1 is 1.10 bits per heavy atom. The minimum absolute atomic E-state index is 0.0174. The third-order valence-electron chi connectivity index (χ3n) is 7.97. The highest BCUT2D eigenvalue weighted by Crippen LogP contribution is 2.31. The van der Waals surface area contributed by atoms with Crippen LogP contribution in [0.15, 0.2) is 53.9 Å². The average molecular weight is 548 g/mol. The van der Waals surface area contributed by atoms with Crippen LogP contribution < -0.4 is 15.0 Å². The Hall–Kier alpha value is -2.87. The Morgan fingerprint density at radius 3 is 2.67 bits per heavy atom. The second-order valence-corrected chi connectivity index (χ2v) is 12.4. The molecular weight excluding hydrogens is 506 g/mol. The van der Waals surface area contributed by atoms with E-state index in [2.05, 4.69) is 90.7 Å². The number of benzene rings is 2. The van der Waals surface area contributed by atoms with Crippen LogP contribution in [-0.2, 0) is 16.1 Å². The van der Waals surface area contributed by atoms with Crippen LogP contribution in [0.2, 0.25) is 0 Å². The van der Waals surface area contributed by atoms with Crippen molar-refractivity contribution in [2.75, 3.05) is 44.3 Å². The smallest absolute Gasteiger partial charge is 0.258 e. The fourth-order valence-corrected chi connectivity index (χ4v) is 6.40. The van der Waals surface area contributed by atoms with Crippen LogP contribution in [0.5, 0.6) is 5.75 Å². The molecule has 2 aliphatic rings. The Labute approximate surface area is 236 Å². The molecule has 0 aliphatic carbocycles. The third-order valence-corrected chi connectivity index (χ3v) is 8.89.